The van der Waals surface area contributed by atoms with Crippen LogP contribution in [0, 0.1) is 18.3 Å². The summed E-state index contributed by atoms with van der Waals surface area (Å²) in [5, 5.41) is 16.0. The maximum Gasteiger partial charge on any atom is 0.416 e. The normalized spacial score (nSPS) is 11.4. The molecule has 0 aliphatic heterocycles. The number of carbonyl (C=O) groups is 1. The Balaban J connectivity index is 1.94. The number of rotatable bonds is 6. The number of amides is 1. The fourth-order valence-corrected chi connectivity index (χ4v) is 3.93. The number of methoxy groups -OCH3 is 1. The molecule has 1 amide bonds. The van der Waals surface area contributed by atoms with Crippen molar-refractivity contribution in [3.05, 3.63) is 88.1 Å². The van der Waals surface area contributed by atoms with Crippen LogP contribution in [-0.4, -0.2) is 45.2 Å². The highest BCUT2D eigenvalue weighted by Crippen LogP contribution is 2.32. The van der Waals surface area contributed by atoms with Crippen LogP contribution in [0.3, 0.4) is 0 Å². The highest BCUT2D eigenvalue weighted by Gasteiger charge is 2.32. The Hall–Kier alpha value is -4.63. The second-order valence-electron chi connectivity index (χ2n) is 7.95. The van der Waals surface area contributed by atoms with Crippen molar-refractivity contribution in [2.24, 2.45) is 0 Å². The third-order valence-corrected chi connectivity index (χ3v) is 5.63. The van der Waals surface area contributed by atoms with Crippen LogP contribution in [-0.2, 0) is 10.9 Å². The van der Waals surface area contributed by atoms with Gasteiger partial charge in [0.25, 0.3) is 0 Å². The summed E-state index contributed by atoms with van der Waals surface area (Å²) >= 11 is 0. The minimum atomic E-state index is -4.62. The number of nitrogens with zero attached hydrogens (tertiary/aromatic N) is 5. The topological polar surface area (TPSA) is 107 Å². The monoisotopic (exact) mass is 510 g/mol. The van der Waals surface area contributed by atoms with Gasteiger partial charge < -0.3 is 10.1 Å². The Kier molecular flexibility index (Phi) is 6.99. The molecule has 0 saturated carbocycles. The molecule has 4 aromatic rings. The lowest BCUT2D eigenvalue weighted by molar-refractivity contribution is -0.137. The molecule has 0 spiro atoms. The third-order valence-electron chi connectivity index (χ3n) is 5.63. The van der Waals surface area contributed by atoms with Gasteiger partial charge in [-0.15, -0.1) is 0 Å². The quantitative estimate of drug-likeness (QED) is 0.396. The van der Waals surface area contributed by atoms with E-state index in [0.29, 0.717) is 16.9 Å². The first kappa shape index (κ1) is 25.5. The van der Waals surface area contributed by atoms with Gasteiger partial charge in [0.05, 0.1) is 52.8 Å². The van der Waals surface area contributed by atoms with Crippen molar-refractivity contribution in [1.82, 2.24) is 24.2 Å². The molecule has 2 aromatic heterocycles. The summed E-state index contributed by atoms with van der Waals surface area (Å²) in [5.74, 6) is 0. The summed E-state index contributed by atoms with van der Waals surface area (Å²) in [5.41, 5.74) is -0.158. The van der Waals surface area contributed by atoms with E-state index in [0.717, 1.165) is 21.3 Å². The molecule has 0 bridgehead atoms. The third kappa shape index (κ3) is 4.89. The Labute approximate surface area is 208 Å². The van der Waals surface area contributed by atoms with Gasteiger partial charge >= 0.3 is 17.9 Å². The molecule has 12 heteroatoms. The summed E-state index contributed by atoms with van der Waals surface area (Å²) in [6, 6.07) is 13.6. The number of nitrogens with one attached hydrogen (secondary N) is 1. The van der Waals surface area contributed by atoms with Gasteiger partial charge in [-0.25, -0.2) is 18.8 Å². The first-order valence-electron chi connectivity index (χ1n) is 11.0. The maximum atomic E-state index is 13.6. The number of benzene rings is 2. The fourth-order valence-electron chi connectivity index (χ4n) is 3.93. The lowest BCUT2D eigenvalue weighted by atomic mass is 10.2. The number of alkyl halides is 3. The van der Waals surface area contributed by atoms with E-state index in [4.69, 9.17) is 10.00 Å². The highest BCUT2D eigenvalue weighted by molar-refractivity contribution is 5.83. The number of ether oxygens (including phenoxy) is 1. The zero-order valence-electron chi connectivity index (χ0n) is 19.8. The molecule has 0 aliphatic rings. The Morgan fingerprint density at radius 2 is 1.86 bits per heavy atom. The molecule has 2 heterocycles. The second-order valence-corrected chi connectivity index (χ2v) is 7.95. The average Bonchev–Trinajstić information content (AvgIpc) is 3.45. The first-order chi connectivity index (χ1) is 17.7. The van der Waals surface area contributed by atoms with E-state index in [1.54, 1.807) is 30.3 Å². The van der Waals surface area contributed by atoms with Crippen LogP contribution in [0.2, 0.25) is 0 Å². The molecule has 0 saturated heterocycles. The van der Waals surface area contributed by atoms with E-state index < -0.39 is 23.5 Å². The molecule has 0 radical (unpaired) electrons. The highest BCUT2D eigenvalue weighted by atomic mass is 19.4. The zero-order chi connectivity index (χ0) is 26.7. The molecule has 190 valence electrons. The number of hydrogen-bond acceptors (Lipinski definition) is 5. The standard InChI is InChI=1S/C25H21F3N6O3/c1-16-22(21-10-11-31-34(21)19-8-6-17(15-29)7-9-19)33(23(35)30-12-13-37-2)24(36)32(16)20-5-3-4-18(14-20)25(26,27)28/h3-11,14H,12-13H2,1-2H3,(H,30,35). The second kappa shape index (κ2) is 10.2. The van der Waals surface area contributed by atoms with Gasteiger partial charge in [-0.3, -0.25) is 4.57 Å². The van der Waals surface area contributed by atoms with Crippen LogP contribution in [0.5, 0.6) is 0 Å². The zero-order valence-corrected chi connectivity index (χ0v) is 19.8. The summed E-state index contributed by atoms with van der Waals surface area (Å²) < 4.78 is 48.5. The van der Waals surface area contributed by atoms with E-state index in [1.165, 1.54) is 37.0 Å². The molecule has 2 aromatic carbocycles. The molecule has 0 fully saturated rings. The summed E-state index contributed by atoms with van der Waals surface area (Å²) in [7, 11) is 1.45. The van der Waals surface area contributed by atoms with Gasteiger partial charge in [0.15, 0.2) is 0 Å². The van der Waals surface area contributed by atoms with Gasteiger partial charge in [0.2, 0.25) is 0 Å². The Morgan fingerprint density at radius 3 is 2.51 bits per heavy atom. The predicted octanol–water partition coefficient (Wildman–Crippen LogP) is 3.89. The lowest BCUT2D eigenvalue weighted by Gasteiger charge is -2.12. The van der Waals surface area contributed by atoms with E-state index in [2.05, 4.69) is 10.4 Å². The minimum absolute atomic E-state index is 0.0496. The van der Waals surface area contributed by atoms with E-state index in [1.807, 2.05) is 6.07 Å². The SMILES string of the molecule is COCCNC(=O)n1c(-c2ccnn2-c2ccc(C#N)cc2)c(C)n(-c2cccc(C(F)(F)F)c2)c1=O. The summed E-state index contributed by atoms with van der Waals surface area (Å²) in [4.78, 5) is 26.7. The largest absolute Gasteiger partial charge is 0.416 e. The molecule has 0 atom stereocenters. The van der Waals surface area contributed by atoms with E-state index in [-0.39, 0.29) is 30.2 Å². The van der Waals surface area contributed by atoms with Crippen LogP contribution in [0.1, 0.15) is 16.8 Å². The number of halogens is 3. The molecular formula is C25H21F3N6O3. The smallest absolute Gasteiger partial charge is 0.383 e. The van der Waals surface area contributed by atoms with Crippen LogP contribution in [0.4, 0.5) is 18.0 Å². The predicted molar refractivity (Wildman–Crippen MR) is 128 cm³/mol. The molecule has 0 unspecified atom stereocenters. The van der Waals surface area contributed by atoms with Gasteiger partial charge in [-0.1, -0.05) is 6.07 Å². The van der Waals surface area contributed by atoms with Crippen molar-refractivity contribution in [2.45, 2.75) is 13.1 Å². The first-order valence-corrected chi connectivity index (χ1v) is 11.0. The average molecular weight is 510 g/mol. The van der Waals surface area contributed by atoms with Crippen molar-refractivity contribution in [2.75, 3.05) is 20.3 Å². The van der Waals surface area contributed by atoms with Gasteiger partial charge in [0.1, 0.15) is 5.69 Å². The van der Waals surface area contributed by atoms with Gasteiger partial charge in [-0.05, 0) is 55.5 Å². The Morgan fingerprint density at radius 1 is 1.14 bits per heavy atom. The minimum Gasteiger partial charge on any atom is -0.383 e. The van der Waals surface area contributed by atoms with Crippen LogP contribution < -0.4 is 11.0 Å². The molecule has 37 heavy (non-hydrogen) atoms. The molecule has 1 N–H and O–H groups in total. The van der Waals surface area contributed by atoms with Crippen LogP contribution in [0.25, 0.3) is 22.8 Å². The number of carbonyl (C=O) groups excluding carboxylic acids is 1. The van der Waals surface area contributed by atoms with Crippen LogP contribution in [0.15, 0.2) is 65.6 Å². The van der Waals surface area contributed by atoms with E-state index >= 15 is 0 Å². The number of imidazole rings is 1. The fraction of sp³-hybridized carbons (Fsp3) is 0.200. The van der Waals surface area contributed by atoms with Gasteiger partial charge in [0, 0.05) is 13.7 Å². The van der Waals surface area contributed by atoms with Crippen molar-refractivity contribution in [3.63, 3.8) is 0 Å². The molecule has 4 rings (SSSR count). The van der Waals surface area contributed by atoms with Crippen molar-refractivity contribution in [3.8, 4) is 28.8 Å². The van der Waals surface area contributed by atoms with Crippen molar-refractivity contribution in [1.29, 1.82) is 5.26 Å². The molecule has 9 nitrogen and oxygen atoms in total. The Bertz CT molecular complexity index is 1540. The number of nitriles is 1. The summed E-state index contributed by atoms with van der Waals surface area (Å²) in [6.45, 7) is 1.82. The summed E-state index contributed by atoms with van der Waals surface area (Å²) in [6.07, 6.45) is -3.16. The van der Waals surface area contributed by atoms with Gasteiger partial charge in [-0.2, -0.15) is 23.5 Å². The van der Waals surface area contributed by atoms with Crippen molar-refractivity contribution >= 4 is 6.03 Å². The molecular weight excluding hydrogens is 489 g/mol. The van der Waals surface area contributed by atoms with E-state index in [9.17, 15) is 22.8 Å². The lowest BCUT2D eigenvalue weighted by Crippen LogP contribution is -2.38. The number of hydrogen-bond donors (Lipinski definition) is 1. The molecule has 0 aliphatic carbocycles. The number of aromatic nitrogens is 4. The van der Waals surface area contributed by atoms with Crippen molar-refractivity contribution < 1.29 is 22.7 Å². The maximum absolute atomic E-state index is 13.6. The van der Waals surface area contributed by atoms with Crippen LogP contribution >= 0.6 is 0 Å².